The molecular formula is C23H29N5O6. The van der Waals surface area contributed by atoms with Crippen molar-refractivity contribution in [1.82, 2.24) is 15.5 Å². The van der Waals surface area contributed by atoms with Crippen LogP contribution in [0.2, 0.25) is 0 Å². The van der Waals surface area contributed by atoms with Gasteiger partial charge in [0.05, 0.1) is 17.7 Å². The summed E-state index contributed by atoms with van der Waals surface area (Å²) < 4.78 is 0. The number of carbonyl (C=O) groups is 6. The first-order chi connectivity index (χ1) is 16.3. The summed E-state index contributed by atoms with van der Waals surface area (Å²) in [7, 11) is 0. The lowest BCUT2D eigenvalue weighted by Crippen LogP contribution is -2.54. The van der Waals surface area contributed by atoms with Crippen molar-refractivity contribution in [2.45, 2.75) is 57.4 Å². The minimum atomic E-state index is -0.990. The molecule has 0 saturated carbocycles. The molecular weight excluding hydrogens is 442 g/mol. The number of amides is 6. The number of hydrogen-bond acceptors (Lipinski definition) is 7. The highest BCUT2D eigenvalue weighted by molar-refractivity contribution is 6.25. The molecule has 34 heavy (non-hydrogen) atoms. The Bertz CT molecular complexity index is 1010. The number of nitrogens with zero attached hydrogens (tertiary/aromatic N) is 1. The molecule has 0 bridgehead atoms. The van der Waals surface area contributed by atoms with Gasteiger partial charge in [-0.15, -0.1) is 0 Å². The first-order valence-electron chi connectivity index (χ1n) is 11.4. The number of nitrogens with one attached hydrogen (secondary N) is 3. The van der Waals surface area contributed by atoms with Crippen LogP contribution >= 0.6 is 0 Å². The lowest BCUT2D eigenvalue weighted by molar-refractivity contribution is -0.136. The quantitative estimate of drug-likeness (QED) is 0.253. The third-order valence-corrected chi connectivity index (χ3v) is 5.82. The van der Waals surface area contributed by atoms with Gasteiger partial charge in [0.15, 0.2) is 0 Å². The van der Waals surface area contributed by atoms with E-state index in [0.29, 0.717) is 18.7 Å². The van der Waals surface area contributed by atoms with Crippen LogP contribution < -0.4 is 21.7 Å². The molecule has 2 heterocycles. The van der Waals surface area contributed by atoms with Crippen molar-refractivity contribution >= 4 is 41.1 Å². The van der Waals surface area contributed by atoms with Gasteiger partial charge < -0.3 is 16.4 Å². The molecule has 1 aromatic carbocycles. The summed E-state index contributed by atoms with van der Waals surface area (Å²) in [5.41, 5.74) is 6.01. The van der Waals surface area contributed by atoms with Crippen LogP contribution in [0.15, 0.2) is 18.2 Å². The van der Waals surface area contributed by atoms with Crippen LogP contribution in [0.4, 0.5) is 5.69 Å². The second-order valence-electron chi connectivity index (χ2n) is 8.36. The van der Waals surface area contributed by atoms with Crippen LogP contribution in [0.5, 0.6) is 0 Å². The average Bonchev–Trinajstić information content (AvgIpc) is 3.05. The van der Waals surface area contributed by atoms with Crippen LogP contribution in [0.3, 0.4) is 0 Å². The number of rotatable bonds is 12. The van der Waals surface area contributed by atoms with E-state index >= 15 is 0 Å². The van der Waals surface area contributed by atoms with Gasteiger partial charge >= 0.3 is 0 Å². The number of imide groups is 2. The Morgan fingerprint density at radius 1 is 1.03 bits per heavy atom. The lowest BCUT2D eigenvalue weighted by Gasteiger charge is -2.27. The Kier molecular flexibility index (Phi) is 8.34. The molecule has 3 rings (SSSR count). The second kappa shape index (κ2) is 11.4. The molecule has 1 saturated heterocycles. The van der Waals surface area contributed by atoms with Crippen LogP contribution in [0.1, 0.15) is 72.1 Å². The maximum atomic E-state index is 13.0. The van der Waals surface area contributed by atoms with Crippen LogP contribution in [0, 0.1) is 0 Å². The SMILES string of the molecule is NC(=O)CNC(=O)CCCCCCCNc1cccc2c1C(=O)N(C1CCC(=O)NC1=O)C2=O. The number of anilines is 1. The van der Waals surface area contributed by atoms with E-state index < -0.39 is 35.6 Å². The Labute approximate surface area is 196 Å². The van der Waals surface area contributed by atoms with Crippen LogP contribution in [0.25, 0.3) is 0 Å². The van der Waals surface area contributed by atoms with Gasteiger partial charge in [-0.2, -0.15) is 0 Å². The van der Waals surface area contributed by atoms with E-state index in [1.807, 2.05) is 0 Å². The number of unbranched alkanes of at least 4 members (excludes halogenated alkanes) is 4. The summed E-state index contributed by atoms with van der Waals surface area (Å²) in [5.74, 6) is -2.87. The third-order valence-electron chi connectivity index (χ3n) is 5.82. The van der Waals surface area contributed by atoms with Crippen molar-refractivity contribution in [3.8, 4) is 0 Å². The standard InChI is InChI=1S/C23H29N5O6/c24-17(29)13-26-18(30)9-4-2-1-3-5-12-25-15-8-6-7-14-20(15)23(34)28(22(14)33)16-10-11-19(31)27-21(16)32/h6-8,16,25H,1-5,9-13H2,(H2,24,29)(H,26,30)(H,27,31,32). The summed E-state index contributed by atoms with van der Waals surface area (Å²) in [6.07, 6.45) is 4.81. The molecule has 11 heteroatoms. The molecule has 5 N–H and O–H groups in total. The molecule has 0 aliphatic carbocycles. The number of primary amides is 1. The van der Waals surface area contributed by atoms with Gasteiger partial charge in [-0.05, 0) is 31.4 Å². The zero-order valence-corrected chi connectivity index (χ0v) is 18.9. The number of piperidine rings is 1. The van der Waals surface area contributed by atoms with Gasteiger partial charge in [-0.3, -0.25) is 39.0 Å². The van der Waals surface area contributed by atoms with Gasteiger partial charge in [0, 0.05) is 25.1 Å². The Morgan fingerprint density at radius 3 is 2.50 bits per heavy atom. The van der Waals surface area contributed by atoms with E-state index in [-0.39, 0.29) is 36.4 Å². The summed E-state index contributed by atoms with van der Waals surface area (Å²) in [6.45, 7) is 0.447. The molecule has 1 aromatic rings. The molecule has 0 aromatic heterocycles. The van der Waals surface area contributed by atoms with Crippen molar-refractivity contribution in [2.75, 3.05) is 18.4 Å². The lowest BCUT2D eigenvalue weighted by atomic mass is 10.0. The number of fused-ring (bicyclic) bond motifs is 1. The highest BCUT2D eigenvalue weighted by atomic mass is 16.2. The molecule has 1 unspecified atom stereocenters. The Morgan fingerprint density at radius 2 is 1.76 bits per heavy atom. The highest BCUT2D eigenvalue weighted by Crippen LogP contribution is 2.32. The van der Waals surface area contributed by atoms with Crippen molar-refractivity contribution in [1.29, 1.82) is 0 Å². The largest absolute Gasteiger partial charge is 0.384 e. The van der Waals surface area contributed by atoms with Gasteiger partial charge in [-0.25, -0.2) is 0 Å². The Hall–Kier alpha value is -3.76. The van der Waals surface area contributed by atoms with Crippen LogP contribution in [-0.2, 0) is 19.2 Å². The van der Waals surface area contributed by atoms with E-state index in [2.05, 4.69) is 16.0 Å². The smallest absolute Gasteiger partial charge is 0.264 e. The first-order valence-corrected chi connectivity index (χ1v) is 11.4. The van der Waals surface area contributed by atoms with Gasteiger partial charge in [0.25, 0.3) is 11.8 Å². The summed E-state index contributed by atoms with van der Waals surface area (Å²) in [4.78, 5) is 72.6. The van der Waals surface area contributed by atoms with Gasteiger partial charge in [0.1, 0.15) is 6.04 Å². The van der Waals surface area contributed by atoms with E-state index in [9.17, 15) is 28.8 Å². The maximum absolute atomic E-state index is 13.0. The highest BCUT2D eigenvalue weighted by Gasteiger charge is 2.45. The number of benzene rings is 1. The van der Waals surface area contributed by atoms with E-state index in [1.54, 1.807) is 18.2 Å². The predicted octanol–water partition coefficient (Wildman–Crippen LogP) is 0.442. The fraction of sp³-hybridized carbons (Fsp3) is 0.478. The fourth-order valence-electron chi connectivity index (χ4n) is 4.10. The molecule has 2 aliphatic heterocycles. The van der Waals surface area contributed by atoms with Crippen molar-refractivity contribution in [3.63, 3.8) is 0 Å². The van der Waals surface area contributed by atoms with Gasteiger partial charge in [0.2, 0.25) is 23.6 Å². The number of hydrogen-bond donors (Lipinski definition) is 4. The molecule has 1 fully saturated rings. The first kappa shape index (κ1) is 24.9. The zero-order valence-electron chi connectivity index (χ0n) is 18.9. The monoisotopic (exact) mass is 471 g/mol. The zero-order chi connectivity index (χ0) is 24.7. The summed E-state index contributed by atoms with van der Waals surface area (Å²) in [6, 6.07) is 3.98. The summed E-state index contributed by atoms with van der Waals surface area (Å²) in [5, 5.41) is 7.85. The number of carbonyl (C=O) groups excluding carboxylic acids is 6. The molecule has 1 atom stereocenters. The van der Waals surface area contributed by atoms with Crippen LogP contribution in [-0.4, -0.2) is 59.5 Å². The second-order valence-corrected chi connectivity index (χ2v) is 8.36. The molecule has 6 amide bonds. The van der Waals surface area contributed by atoms with Crippen molar-refractivity contribution in [2.24, 2.45) is 5.73 Å². The van der Waals surface area contributed by atoms with Crippen molar-refractivity contribution in [3.05, 3.63) is 29.3 Å². The minimum Gasteiger partial charge on any atom is -0.384 e. The molecule has 182 valence electrons. The molecule has 0 radical (unpaired) electrons. The number of nitrogens with two attached hydrogens (primary N) is 1. The van der Waals surface area contributed by atoms with E-state index in [1.165, 1.54) is 0 Å². The maximum Gasteiger partial charge on any atom is 0.264 e. The fourth-order valence-corrected chi connectivity index (χ4v) is 4.10. The Balaban J connectivity index is 1.44. The topological polar surface area (TPSA) is 168 Å². The average molecular weight is 472 g/mol. The summed E-state index contributed by atoms with van der Waals surface area (Å²) >= 11 is 0. The molecule has 0 spiro atoms. The normalized spacial score (nSPS) is 17.4. The third kappa shape index (κ3) is 5.97. The van der Waals surface area contributed by atoms with Crippen molar-refractivity contribution < 1.29 is 28.8 Å². The molecule has 2 aliphatic rings. The predicted molar refractivity (Wildman–Crippen MR) is 122 cm³/mol. The van der Waals surface area contributed by atoms with Gasteiger partial charge in [-0.1, -0.05) is 25.3 Å². The molecule has 11 nitrogen and oxygen atoms in total. The van der Waals surface area contributed by atoms with E-state index in [0.717, 1.165) is 37.0 Å². The minimum absolute atomic E-state index is 0.0764. The van der Waals surface area contributed by atoms with E-state index in [4.69, 9.17) is 5.73 Å².